The van der Waals surface area contributed by atoms with Gasteiger partial charge < -0.3 is 37.6 Å². The first-order valence-electron chi connectivity index (χ1n) is 14.3. The fourth-order valence-corrected chi connectivity index (χ4v) is 4.88. The minimum Gasteiger partial charge on any atom is -0.372 e. The molecule has 10 heteroatoms. The van der Waals surface area contributed by atoms with Gasteiger partial charge in [0.2, 0.25) is 17.7 Å². The normalized spacial score (nSPS) is 14.7. The van der Waals surface area contributed by atoms with E-state index in [1.54, 1.807) is 0 Å². The standard InChI is InChI=1S/C30H45N7O3/c31-15-19-37(20-16-32)28(38)21-26(33)29(39)35-27(14-11-23-7-3-1-4-8-23)30(40)34-22-24-9-12-25(13-10-24)36-17-5-2-6-18-36/h1,3-4,7-10,12-13,26-27H,2,5-6,11,14-22,31-33H2,(H,34,40)(H,35,39)/t26-,27-/m0/s1. The van der Waals surface area contributed by atoms with Gasteiger partial charge in [-0.3, -0.25) is 14.4 Å². The first-order chi connectivity index (χ1) is 19.4. The summed E-state index contributed by atoms with van der Waals surface area (Å²) in [5.41, 5.74) is 20.5. The van der Waals surface area contributed by atoms with Crippen LogP contribution in [0.15, 0.2) is 54.6 Å². The number of hydrogen-bond acceptors (Lipinski definition) is 7. The lowest BCUT2D eigenvalue weighted by molar-refractivity contribution is -0.135. The summed E-state index contributed by atoms with van der Waals surface area (Å²) in [5, 5.41) is 5.74. The van der Waals surface area contributed by atoms with Crippen LogP contribution in [0.1, 0.15) is 43.2 Å². The molecular formula is C30H45N7O3. The molecular weight excluding hydrogens is 506 g/mol. The number of carbonyl (C=O) groups excluding carboxylic acids is 3. The van der Waals surface area contributed by atoms with Gasteiger partial charge in [0.25, 0.3) is 0 Å². The highest BCUT2D eigenvalue weighted by Crippen LogP contribution is 2.20. The molecule has 1 aliphatic heterocycles. The van der Waals surface area contributed by atoms with Crippen molar-refractivity contribution in [3.63, 3.8) is 0 Å². The van der Waals surface area contributed by atoms with E-state index in [9.17, 15) is 14.4 Å². The van der Waals surface area contributed by atoms with Crippen molar-refractivity contribution in [1.82, 2.24) is 15.5 Å². The second-order valence-electron chi connectivity index (χ2n) is 10.3. The third kappa shape index (κ3) is 9.93. The van der Waals surface area contributed by atoms with Gasteiger partial charge in [0.1, 0.15) is 6.04 Å². The van der Waals surface area contributed by atoms with Crippen molar-refractivity contribution in [2.75, 3.05) is 44.2 Å². The van der Waals surface area contributed by atoms with Crippen LogP contribution in [0.4, 0.5) is 5.69 Å². The van der Waals surface area contributed by atoms with Gasteiger partial charge in [-0.25, -0.2) is 0 Å². The molecule has 0 saturated carbocycles. The summed E-state index contributed by atoms with van der Waals surface area (Å²) in [6.07, 6.45) is 4.51. The highest BCUT2D eigenvalue weighted by atomic mass is 16.2. The molecule has 1 aliphatic rings. The lowest BCUT2D eigenvalue weighted by atomic mass is 10.0. The molecule has 218 valence electrons. The van der Waals surface area contributed by atoms with E-state index in [0.29, 0.717) is 32.5 Å². The summed E-state index contributed by atoms with van der Waals surface area (Å²) in [5.74, 6) is -1.14. The highest BCUT2D eigenvalue weighted by molar-refractivity contribution is 5.92. The van der Waals surface area contributed by atoms with Gasteiger partial charge in [0, 0.05) is 51.5 Å². The predicted octanol–water partition coefficient (Wildman–Crippen LogP) is 0.874. The van der Waals surface area contributed by atoms with Crippen LogP contribution in [0.5, 0.6) is 0 Å². The van der Waals surface area contributed by atoms with Gasteiger partial charge in [-0.05, 0) is 55.4 Å². The number of nitrogens with two attached hydrogens (primary N) is 3. The first kappa shape index (κ1) is 31.1. The Labute approximate surface area is 237 Å². The zero-order valence-electron chi connectivity index (χ0n) is 23.4. The van der Waals surface area contributed by atoms with Crippen LogP contribution in [0, 0.1) is 0 Å². The van der Waals surface area contributed by atoms with E-state index in [1.165, 1.54) is 29.8 Å². The van der Waals surface area contributed by atoms with Crippen LogP contribution in [0.2, 0.25) is 0 Å². The van der Waals surface area contributed by atoms with E-state index in [-0.39, 0.29) is 31.3 Å². The second-order valence-corrected chi connectivity index (χ2v) is 10.3. The van der Waals surface area contributed by atoms with Crippen LogP contribution in [0.3, 0.4) is 0 Å². The smallest absolute Gasteiger partial charge is 0.242 e. The molecule has 2 aromatic carbocycles. The topological polar surface area (TPSA) is 160 Å². The van der Waals surface area contributed by atoms with Crippen LogP contribution < -0.4 is 32.7 Å². The zero-order valence-corrected chi connectivity index (χ0v) is 23.4. The number of nitrogens with zero attached hydrogens (tertiary/aromatic N) is 2. The van der Waals surface area contributed by atoms with Crippen molar-refractivity contribution < 1.29 is 14.4 Å². The molecule has 1 saturated heterocycles. The molecule has 8 N–H and O–H groups in total. The fourth-order valence-electron chi connectivity index (χ4n) is 4.88. The third-order valence-electron chi connectivity index (χ3n) is 7.20. The molecule has 1 heterocycles. The first-order valence-corrected chi connectivity index (χ1v) is 14.3. The molecule has 0 aromatic heterocycles. The number of anilines is 1. The minimum absolute atomic E-state index is 0.192. The van der Waals surface area contributed by atoms with Crippen molar-refractivity contribution in [3.05, 3.63) is 65.7 Å². The zero-order chi connectivity index (χ0) is 28.7. The van der Waals surface area contributed by atoms with Gasteiger partial charge in [-0.15, -0.1) is 0 Å². The van der Waals surface area contributed by atoms with Crippen LogP contribution in [-0.4, -0.2) is 74.0 Å². The molecule has 40 heavy (non-hydrogen) atoms. The quantitative estimate of drug-likeness (QED) is 0.220. The summed E-state index contributed by atoms with van der Waals surface area (Å²) in [7, 11) is 0. The number of rotatable bonds is 15. The maximum absolute atomic E-state index is 13.2. The van der Waals surface area contributed by atoms with Gasteiger partial charge >= 0.3 is 0 Å². The Kier molecular flexibility index (Phi) is 12.9. The van der Waals surface area contributed by atoms with Gasteiger partial charge in [-0.2, -0.15) is 0 Å². The number of amides is 3. The molecule has 3 rings (SSSR count). The molecule has 0 unspecified atom stereocenters. The van der Waals surface area contributed by atoms with Gasteiger partial charge in [0.15, 0.2) is 0 Å². The summed E-state index contributed by atoms with van der Waals surface area (Å²) in [4.78, 5) is 42.7. The van der Waals surface area contributed by atoms with Crippen LogP contribution in [-0.2, 0) is 27.3 Å². The van der Waals surface area contributed by atoms with Crippen molar-refractivity contribution in [2.45, 2.75) is 57.2 Å². The molecule has 2 aromatic rings. The largest absolute Gasteiger partial charge is 0.372 e. The van der Waals surface area contributed by atoms with Crippen molar-refractivity contribution in [2.24, 2.45) is 17.2 Å². The maximum atomic E-state index is 13.2. The Bertz CT molecular complexity index is 1050. The van der Waals surface area contributed by atoms with Crippen LogP contribution in [0.25, 0.3) is 0 Å². The summed E-state index contributed by atoms with van der Waals surface area (Å²) < 4.78 is 0. The van der Waals surface area contributed by atoms with E-state index < -0.39 is 18.0 Å². The number of piperidine rings is 1. The Balaban J connectivity index is 1.59. The number of hydrogen-bond donors (Lipinski definition) is 5. The number of aryl methyl sites for hydroxylation is 1. The van der Waals surface area contributed by atoms with E-state index in [1.807, 2.05) is 42.5 Å². The second kappa shape index (κ2) is 16.6. The molecule has 2 atom stereocenters. The Morgan fingerprint density at radius 1 is 0.850 bits per heavy atom. The minimum atomic E-state index is -1.10. The number of nitrogens with one attached hydrogen (secondary N) is 2. The van der Waals surface area contributed by atoms with Crippen molar-refractivity contribution in [3.8, 4) is 0 Å². The lowest BCUT2D eigenvalue weighted by Gasteiger charge is -2.28. The van der Waals surface area contributed by atoms with Gasteiger partial charge in [0.05, 0.1) is 12.5 Å². The lowest BCUT2D eigenvalue weighted by Crippen LogP contribution is -2.53. The van der Waals surface area contributed by atoms with Crippen LogP contribution >= 0.6 is 0 Å². The van der Waals surface area contributed by atoms with Crippen molar-refractivity contribution in [1.29, 1.82) is 0 Å². The molecule has 3 amide bonds. The molecule has 10 nitrogen and oxygen atoms in total. The SMILES string of the molecule is NCCN(CCN)C(=O)C[C@H](N)C(=O)N[C@@H](CCc1ccccc1)C(=O)NCc1ccc(N2CCCCC2)cc1. The monoisotopic (exact) mass is 551 g/mol. The number of carbonyl (C=O) groups is 3. The average Bonchev–Trinajstić information content (AvgIpc) is 2.99. The molecule has 0 aliphatic carbocycles. The van der Waals surface area contributed by atoms with E-state index in [2.05, 4.69) is 27.7 Å². The molecule has 1 fully saturated rings. The Morgan fingerprint density at radius 2 is 1.50 bits per heavy atom. The number of benzene rings is 2. The summed E-state index contributed by atoms with van der Waals surface area (Å²) in [6, 6.07) is 16.1. The third-order valence-corrected chi connectivity index (χ3v) is 7.20. The molecule has 0 radical (unpaired) electrons. The van der Waals surface area contributed by atoms with Gasteiger partial charge in [-0.1, -0.05) is 42.5 Å². The maximum Gasteiger partial charge on any atom is 0.242 e. The molecule has 0 bridgehead atoms. The Hall–Kier alpha value is -3.47. The predicted molar refractivity (Wildman–Crippen MR) is 158 cm³/mol. The van der Waals surface area contributed by atoms with E-state index >= 15 is 0 Å². The summed E-state index contributed by atoms with van der Waals surface area (Å²) in [6.45, 7) is 3.74. The highest BCUT2D eigenvalue weighted by Gasteiger charge is 2.26. The average molecular weight is 552 g/mol. The van der Waals surface area contributed by atoms with E-state index in [4.69, 9.17) is 17.2 Å². The van der Waals surface area contributed by atoms with E-state index in [0.717, 1.165) is 24.2 Å². The molecule has 0 spiro atoms. The van der Waals surface area contributed by atoms with Crippen molar-refractivity contribution >= 4 is 23.4 Å². The summed E-state index contributed by atoms with van der Waals surface area (Å²) >= 11 is 0. The Morgan fingerprint density at radius 3 is 2.12 bits per heavy atom. The fraction of sp³-hybridized carbons (Fsp3) is 0.500.